The number of fused-ring (bicyclic) bond motifs is 5. The summed E-state index contributed by atoms with van der Waals surface area (Å²) in [5.74, 6) is 1.63. The lowest BCUT2D eigenvalue weighted by molar-refractivity contribution is -0.123. The van der Waals surface area contributed by atoms with Gasteiger partial charge < -0.3 is 24.4 Å². The van der Waals surface area contributed by atoms with Crippen LogP contribution in [0.4, 0.5) is 0 Å². The minimum atomic E-state index is -0.361. The number of nitrogens with one attached hydrogen (secondary N) is 1. The summed E-state index contributed by atoms with van der Waals surface area (Å²) < 4.78 is 19.5. The van der Waals surface area contributed by atoms with Gasteiger partial charge in [0.15, 0.2) is 11.5 Å². The Labute approximate surface area is 215 Å². The summed E-state index contributed by atoms with van der Waals surface area (Å²) in [6.07, 6.45) is 2.88. The first-order valence-corrected chi connectivity index (χ1v) is 12.2. The van der Waals surface area contributed by atoms with Gasteiger partial charge in [0.1, 0.15) is 5.75 Å². The van der Waals surface area contributed by atoms with Crippen molar-refractivity contribution in [2.24, 2.45) is 7.05 Å². The molecule has 3 heterocycles. The molecule has 2 amide bonds. The van der Waals surface area contributed by atoms with E-state index in [1.54, 1.807) is 36.1 Å². The van der Waals surface area contributed by atoms with Crippen molar-refractivity contribution in [3.05, 3.63) is 71.5 Å². The first kappa shape index (κ1) is 24.8. The largest absolute Gasteiger partial charge is 0.493 e. The van der Waals surface area contributed by atoms with Crippen LogP contribution in [0.15, 0.2) is 54.9 Å². The highest BCUT2D eigenvalue weighted by Crippen LogP contribution is 2.33. The first-order valence-electron chi connectivity index (χ1n) is 12.2. The van der Waals surface area contributed by atoms with E-state index in [9.17, 15) is 9.59 Å². The van der Waals surface area contributed by atoms with E-state index < -0.39 is 0 Å². The summed E-state index contributed by atoms with van der Waals surface area (Å²) >= 11 is 0. The number of nitrogens with zero attached hydrogens (tertiary/aromatic N) is 4. The van der Waals surface area contributed by atoms with E-state index in [0.29, 0.717) is 49.1 Å². The standard InChI is InChI=1S/C27H31N5O5/c1-30-12-18-7-8-23(35-3)24(10-18)37-21-6-4-5-19(9-21)17-36-25-15-32(14-22(25)29-26(33)16-30)27(34)20-11-28-31(2)13-20/h4-11,13,22,25H,12,14-17H2,1-3H3,(H,29,33)/t22-,25-/m0/s1. The molecule has 194 valence electrons. The van der Waals surface area contributed by atoms with Crippen LogP contribution < -0.4 is 14.8 Å². The number of rotatable bonds is 2. The Balaban J connectivity index is 1.40. The molecule has 0 aliphatic carbocycles. The van der Waals surface area contributed by atoms with Crippen molar-refractivity contribution in [3.63, 3.8) is 0 Å². The Hall–Kier alpha value is -3.89. The van der Waals surface area contributed by atoms with Gasteiger partial charge in [0.25, 0.3) is 5.91 Å². The smallest absolute Gasteiger partial charge is 0.257 e. The van der Waals surface area contributed by atoms with E-state index in [1.807, 2.05) is 54.4 Å². The third-order valence-electron chi connectivity index (χ3n) is 6.54. The summed E-state index contributed by atoms with van der Waals surface area (Å²) in [4.78, 5) is 29.7. The summed E-state index contributed by atoms with van der Waals surface area (Å²) in [7, 11) is 5.26. The number of hydrogen-bond acceptors (Lipinski definition) is 7. The molecule has 1 N–H and O–H groups in total. The highest BCUT2D eigenvalue weighted by Gasteiger charge is 2.37. The molecule has 2 aliphatic heterocycles. The number of methoxy groups -OCH3 is 1. The number of carbonyl (C=O) groups is 2. The van der Waals surface area contributed by atoms with Gasteiger partial charge in [-0.05, 0) is 42.4 Å². The molecule has 0 radical (unpaired) electrons. The van der Waals surface area contributed by atoms with Gasteiger partial charge in [-0.15, -0.1) is 0 Å². The molecule has 2 atom stereocenters. The monoisotopic (exact) mass is 505 g/mol. The lowest BCUT2D eigenvalue weighted by Crippen LogP contribution is -2.47. The molecule has 37 heavy (non-hydrogen) atoms. The second-order valence-corrected chi connectivity index (χ2v) is 9.54. The maximum atomic E-state index is 13.1. The van der Waals surface area contributed by atoms with Gasteiger partial charge in [0, 0.05) is 32.9 Å². The second kappa shape index (κ2) is 10.6. The van der Waals surface area contributed by atoms with Crippen LogP contribution in [0.3, 0.4) is 0 Å². The summed E-state index contributed by atoms with van der Waals surface area (Å²) in [5, 5.41) is 7.21. The van der Waals surface area contributed by atoms with E-state index in [-0.39, 0.29) is 30.5 Å². The number of likely N-dealkylation sites (N-methyl/N-ethyl adjacent to an activating group) is 1. The molecule has 2 aromatic carbocycles. The maximum absolute atomic E-state index is 13.1. The molecule has 10 nitrogen and oxygen atoms in total. The fraction of sp³-hybridized carbons (Fsp3) is 0.370. The van der Waals surface area contributed by atoms with Crippen LogP contribution in [0.25, 0.3) is 0 Å². The summed E-state index contributed by atoms with van der Waals surface area (Å²) in [6.45, 7) is 1.77. The number of aromatic nitrogens is 2. The normalized spacial score (nSPS) is 20.6. The SMILES string of the molecule is COc1ccc2cc1Oc1cccc(c1)CO[C@H]1CN(C(=O)c3cnn(C)c3)C[C@@H]1NC(=O)CN(C)C2. The van der Waals surface area contributed by atoms with Crippen LogP contribution in [0.2, 0.25) is 0 Å². The van der Waals surface area contributed by atoms with Crippen LogP contribution in [0.1, 0.15) is 21.5 Å². The number of ether oxygens (including phenoxy) is 3. The van der Waals surface area contributed by atoms with Crippen molar-refractivity contribution in [3.8, 4) is 17.2 Å². The van der Waals surface area contributed by atoms with Gasteiger partial charge in [0.2, 0.25) is 5.91 Å². The molecule has 5 rings (SSSR count). The van der Waals surface area contributed by atoms with Crippen LogP contribution in [-0.2, 0) is 29.7 Å². The van der Waals surface area contributed by atoms with Gasteiger partial charge >= 0.3 is 0 Å². The average Bonchev–Trinajstić information content (AvgIpc) is 3.48. The highest BCUT2D eigenvalue weighted by atomic mass is 16.5. The summed E-state index contributed by atoms with van der Waals surface area (Å²) in [5.41, 5.74) is 2.42. The molecule has 10 heteroatoms. The topological polar surface area (TPSA) is 98.2 Å². The molecular formula is C27H31N5O5. The maximum Gasteiger partial charge on any atom is 0.257 e. The van der Waals surface area contributed by atoms with Crippen molar-refractivity contribution >= 4 is 11.8 Å². The number of benzene rings is 2. The Morgan fingerprint density at radius 1 is 1.11 bits per heavy atom. The second-order valence-electron chi connectivity index (χ2n) is 9.54. The fourth-order valence-corrected chi connectivity index (χ4v) is 4.75. The lowest BCUT2D eigenvalue weighted by atomic mass is 10.1. The molecule has 0 unspecified atom stereocenters. The first-order chi connectivity index (χ1) is 17.9. The lowest BCUT2D eigenvalue weighted by Gasteiger charge is -2.23. The Kier molecular flexibility index (Phi) is 7.11. The van der Waals surface area contributed by atoms with Gasteiger partial charge in [-0.1, -0.05) is 18.2 Å². The minimum absolute atomic E-state index is 0.129. The third-order valence-corrected chi connectivity index (χ3v) is 6.54. The van der Waals surface area contributed by atoms with Gasteiger partial charge in [0.05, 0.1) is 44.2 Å². The zero-order valence-electron chi connectivity index (χ0n) is 21.2. The van der Waals surface area contributed by atoms with Crippen LogP contribution in [0, 0.1) is 0 Å². The van der Waals surface area contributed by atoms with Crippen LogP contribution in [0.5, 0.6) is 17.2 Å². The molecule has 4 bridgehead atoms. The molecule has 2 aliphatic rings. The Bertz CT molecular complexity index is 1290. The number of carbonyl (C=O) groups excluding carboxylic acids is 2. The van der Waals surface area contributed by atoms with Gasteiger partial charge in [-0.2, -0.15) is 5.10 Å². The van der Waals surface area contributed by atoms with E-state index in [4.69, 9.17) is 14.2 Å². The zero-order valence-corrected chi connectivity index (χ0v) is 21.2. The Morgan fingerprint density at radius 2 is 1.97 bits per heavy atom. The highest BCUT2D eigenvalue weighted by molar-refractivity contribution is 5.94. The molecule has 0 spiro atoms. The summed E-state index contributed by atoms with van der Waals surface area (Å²) in [6, 6.07) is 13.1. The average molecular weight is 506 g/mol. The van der Waals surface area contributed by atoms with Gasteiger partial charge in [-0.25, -0.2) is 0 Å². The van der Waals surface area contributed by atoms with Crippen molar-refractivity contribution < 1.29 is 23.8 Å². The van der Waals surface area contributed by atoms with Crippen molar-refractivity contribution in [2.75, 3.05) is 33.8 Å². The van der Waals surface area contributed by atoms with Crippen molar-refractivity contribution in [2.45, 2.75) is 25.3 Å². The van der Waals surface area contributed by atoms with Crippen LogP contribution >= 0.6 is 0 Å². The number of likely N-dealkylation sites (tertiary alicyclic amines) is 1. The molecule has 1 aromatic heterocycles. The van der Waals surface area contributed by atoms with E-state index in [0.717, 1.165) is 11.1 Å². The van der Waals surface area contributed by atoms with Gasteiger partial charge in [-0.3, -0.25) is 19.2 Å². The predicted octanol–water partition coefficient (Wildman–Crippen LogP) is 2.19. The predicted molar refractivity (Wildman–Crippen MR) is 135 cm³/mol. The zero-order chi connectivity index (χ0) is 25.9. The van der Waals surface area contributed by atoms with Crippen molar-refractivity contribution in [1.29, 1.82) is 0 Å². The molecular weight excluding hydrogens is 474 g/mol. The van der Waals surface area contributed by atoms with E-state index in [2.05, 4.69) is 10.4 Å². The molecule has 1 fully saturated rings. The van der Waals surface area contributed by atoms with Crippen molar-refractivity contribution in [1.82, 2.24) is 24.9 Å². The fourth-order valence-electron chi connectivity index (χ4n) is 4.75. The molecule has 1 saturated heterocycles. The number of hydrogen-bond donors (Lipinski definition) is 1. The van der Waals surface area contributed by atoms with Crippen LogP contribution in [-0.4, -0.2) is 77.3 Å². The van der Waals surface area contributed by atoms with E-state index in [1.165, 1.54) is 0 Å². The number of amides is 2. The quantitative estimate of drug-likeness (QED) is 0.570. The Morgan fingerprint density at radius 3 is 2.76 bits per heavy atom. The molecule has 0 saturated carbocycles. The van der Waals surface area contributed by atoms with E-state index >= 15 is 0 Å². The number of aryl methyl sites for hydroxylation is 1. The molecule has 3 aromatic rings. The third kappa shape index (κ3) is 5.76. The minimum Gasteiger partial charge on any atom is -0.493 e.